The number of hydrogen-bond acceptors (Lipinski definition) is 4. The Morgan fingerprint density at radius 3 is 2.61 bits per heavy atom. The molecule has 2 saturated heterocycles. The molecule has 4 aliphatic rings. The molecule has 6 atom stereocenters. The molecule has 130 valence electrons. The molecule has 2 aliphatic heterocycles. The van der Waals surface area contributed by atoms with Gasteiger partial charge < -0.3 is 14.7 Å². The van der Waals surface area contributed by atoms with Gasteiger partial charge in [-0.2, -0.15) is 0 Å². The fourth-order valence-corrected chi connectivity index (χ4v) is 4.86. The zero-order chi connectivity index (χ0) is 16.9. The molecule has 0 unspecified atom stereocenters. The summed E-state index contributed by atoms with van der Waals surface area (Å²) in [7, 11) is 0. The quantitative estimate of drug-likeness (QED) is 0.744. The number of nitrogens with zero attached hydrogens (tertiary/aromatic N) is 1. The van der Waals surface area contributed by atoms with Gasteiger partial charge in [-0.3, -0.25) is 4.79 Å². The SMILES string of the molecule is C[C@H]1CC(=O)[C@@H]2C[C@H]3C[C@@H](O)[C@@H]([C@@H]2C1)N(C(=O)OC(C)(C)C)C3. The monoisotopic (exact) mass is 323 g/mol. The molecule has 0 aromatic carbocycles. The van der Waals surface area contributed by atoms with Crippen molar-refractivity contribution < 1.29 is 19.4 Å². The molecular formula is C18H29NO4. The molecule has 5 heteroatoms. The van der Waals surface area contributed by atoms with E-state index in [0.717, 1.165) is 12.8 Å². The number of Topliss-reactive ketones (excluding diaryl/α,β-unsaturated/α-hetero) is 1. The summed E-state index contributed by atoms with van der Waals surface area (Å²) in [5, 5.41) is 10.6. The van der Waals surface area contributed by atoms with Crippen molar-refractivity contribution in [3.63, 3.8) is 0 Å². The van der Waals surface area contributed by atoms with E-state index in [1.54, 1.807) is 4.90 Å². The second-order valence-electron chi connectivity index (χ2n) is 8.81. The number of aliphatic hydroxyl groups is 1. The molecule has 2 bridgehead atoms. The second kappa shape index (κ2) is 5.76. The maximum absolute atomic E-state index is 12.6. The minimum Gasteiger partial charge on any atom is -0.444 e. The van der Waals surface area contributed by atoms with Crippen molar-refractivity contribution in [1.29, 1.82) is 0 Å². The smallest absolute Gasteiger partial charge is 0.410 e. The largest absolute Gasteiger partial charge is 0.444 e. The molecule has 0 aromatic heterocycles. The summed E-state index contributed by atoms with van der Waals surface area (Å²) < 4.78 is 5.56. The molecule has 2 aliphatic carbocycles. The van der Waals surface area contributed by atoms with E-state index in [-0.39, 0.29) is 29.9 Å². The van der Waals surface area contributed by atoms with E-state index >= 15 is 0 Å². The Labute approximate surface area is 138 Å². The van der Waals surface area contributed by atoms with Crippen LogP contribution in [0.5, 0.6) is 0 Å². The lowest BCUT2D eigenvalue weighted by atomic mass is 9.69. The second-order valence-corrected chi connectivity index (χ2v) is 8.81. The average molecular weight is 323 g/mol. The van der Waals surface area contributed by atoms with E-state index in [4.69, 9.17) is 4.74 Å². The van der Waals surface area contributed by atoms with Crippen LogP contribution in [0, 0.1) is 23.7 Å². The van der Waals surface area contributed by atoms with Crippen molar-refractivity contribution in [2.75, 3.05) is 6.54 Å². The van der Waals surface area contributed by atoms with Gasteiger partial charge in [0.05, 0.1) is 12.1 Å². The number of amides is 1. The van der Waals surface area contributed by atoms with Gasteiger partial charge in [0.2, 0.25) is 0 Å². The first-order chi connectivity index (χ1) is 10.7. The third kappa shape index (κ3) is 3.25. The molecular weight excluding hydrogens is 294 g/mol. The first-order valence-electron chi connectivity index (χ1n) is 8.86. The zero-order valence-corrected chi connectivity index (χ0v) is 14.6. The van der Waals surface area contributed by atoms with Crippen LogP contribution in [0.25, 0.3) is 0 Å². The van der Waals surface area contributed by atoms with Crippen LogP contribution in [-0.4, -0.2) is 46.2 Å². The van der Waals surface area contributed by atoms with E-state index in [1.807, 2.05) is 20.8 Å². The Hall–Kier alpha value is -1.10. The highest BCUT2D eigenvalue weighted by atomic mass is 16.6. The lowest BCUT2D eigenvalue weighted by Gasteiger charge is -2.45. The van der Waals surface area contributed by atoms with Crippen molar-refractivity contribution in [3.8, 4) is 0 Å². The minimum atomic E-state index is -0.553. The Balaban J connectivity index is 1.89. The van der Waals surface area contributed by atoms with Crippen molar-refractivity contribution in [2.45, 2.75) is 71.1 Å². The van der Waals surface area contributed by atoms with Crippen molar-refractivity contribution in [1.82, 2.24) is 4.90 Å². The Kier molecular flexibility index (Phi) is 4.20. The standard InChI is InChI=1S/C18H29NO4/c1-10-5-13-12(14(20)6-10)7-11-8-15(21)16(13)19(9-11)17(22)23-18(2,3)4/h10-13,15-16,21H,5-9H2,1-4H3/t10-,11+,12-,13-,15-,16-/m1/s1. The molecule has 5 nitrogen and oxygen atoms in total. The highest BCUT2D eigenvalue weighted by Crippen LogP contribution is 2.47. The highest BCUT2D eigenvalue weighted by Gasteiger charge is 2.53. The highest BCUT2D eigenvalue weighted by molar-refractivity contribution is 5.83. The topological polar surface area (TPSA) is 66.8 Å². The number of carbonyl (C=O) groups excluding carboxylic acids is 2. The van der Waals surface area contributed by atoms with Gasteiger partial charge in [0, 0.05) is 18.9 Å². The van der Waals surface area contributed by atoms with Crippen LogP contribution in [0.15, 0.2) is 0 Å². The van der Waals surface area contributed by atoms with Crippen LogP contribution in [0.4, 0.5) is 4.79 Å². The molecule has 1 N–H and O–H groups in total. The van der Waals surface area contributed by atoms with Gasteiger partial charge in [-0.05, 0) is 57.8 Å². The maximum atomic E-state index is 12.6. The molecule has 23 heavy (non-hydrogen) atoms. The van der Waals surface area contributed by atoms with Crippen molar-refractivity contribution in [3.05, 3.63) is 0 Å². The predicted octanol–water partition coefficient (Wildman–Crippen LogP) is 2.61. The zero-order valence-electron chi connectivity index (χ0n) is 14.6. The summed E-state index contributed by atoms with van der Waals surface area (Å²) >= 11 is 0. The molecule has 1 amide bonds. The summed E-state index contributed by atoms with van der Waals surface area (Å²) in [6.07, 6.45) is 2.15. The third-order valence-corrected chi connectivity index (χ3v) is 5.59. The number of ketones is 1. The van der Waals surface area contributed by atoms with E-state index in [9.17, 15) is 14.7 Å². The lowest BCUT2D eigenvalue weighted by Crippen LogP contribution is -2.57. The average Bonchev–Trinajstić information content (AvgIpc) is 2.62. The van der Waals surface area contributed by atoms with E-state index in [1.165, 1.54) is 0 Å². The first kappa shape index (κ1) is 16.7. The van der Waals surface area contributed by atoms with Gasteiger partial charge in [-0.1, -0.05) is 6.92 Å². The van der Waals surface area contributed by atoms with Crippen molar-refractivity contribution in [2.24, 2.45) is 23.7 Å². The molecule has 4 fully saturated rings. The number of ether oxygens (including phenoxy) is 1. The van der Waals surface area contributed by atoms with Gasteiger partial charge in [0.1, 0.15) is 11.4 Å². The summed E-state index contributed by atoms with van der Waals surface area (Å²) in [5.41, 5.74) is -0.553. The van der Waals surface area contributed by atoms with E-state index in [2.05, 4.69) is 6.92 Å². The summed E-state index contributed by atoms with van der Waals surface area (Å²) in [6.45, 7) is 8.26. The number of carbonyl (C=O) groups is 2. The maximum Gasteiger partial charge on any atom is 0.410 e. The fraction of sp³-hybridized carbons (Fsp3) is 0.889. The molecule has 2 saturated carbocycles. The van der Waals surface area contributed by atoms with E-state index in [0.29, 0.717) is 31.1 Å². The fourth-order valence-electron chi connectivity index (χ4n) is 4.86. The summed E-state index contributed by atoms with van der Waals surface area (Å²) in [4.78, 5) is 26.9. The summed E-state index contributed by atoms with van der Waals surface area (Å²) in [6, 6.07) is -0.278. The molecule has 0 spiro atoms. The molecule has 2 heterocycles. The number of fused-ring (bicyclic) bond motifs is 2. The number of aliphatic hydroxyl groups excluding tert-OH is 1. The van der Waals surface area contributed by atoms with Gasteiger partial charge in [-0.25, -0.2) is 4.79 Å². The van der Waals surface area contributed by atoms with Crippen LogP contribution in [0.2, 0.25) is 0 Å². The van der Waals surface area contributed by atoms with Crippen LogP contribution < -0.4 is 0 Å². The Morgan fingerprint density at radius 1 is 1.26 bits per heavy atom. The van der Waals surface area contributed by atoms with Gasteiger partial charge in [0.15, 0.2) is 0 Å². The number of piperidine rings is 1. The number of hydrogen-bond donors (Lipinski definition) is 1. The number of rotatable bonds is 0. The normalized spacial score (nSPS) is 40.6. The Bertz CT molecular complexity index is 498. The molecule has 4 rings (SSSR count). The van der Waals surface area contributed by atoms with Gasteiger partial charge in [0.25, 0.3) is 0 Å². The van der Waals surface area contributed by atoms with Crippen LogP contribution in [0.3, 0.4) is 0 Å². The van der Waals surface area contributed by atoms with Gasteiger partial charge >= 0.3 is 6.09 Å². The molecule has 0 aromatic rings. The molecule has 0 radical (unpaired) electrons. The minimum absolute atomic E-state index is 0.00536. The third-order valence-electron chi connectivity index (χ3n) is 5.59. The van der Waals surface area contributed by atoms with Crippen LogP contribution in [-0.2, 0) is 9.53 Å². The van der Waals surface area contributed by atoms with Crippen LogP contribution >= 0.6 is 0 Å². The first-order valence-corrected chi connectivity index (χ1v) is 8.86. The lowest BCUT2D eigenvalue weighted by molar-refractivity contribution is -0.130. The predicted molar refractivity (Wildman–Crippen MR) is 85.8 cm³/mol. The summed E-state index contributed by atoms with van der Waals surface area (Å²) in [5.74, 6) is 0.922. The Morgan fingerprint density at radius 2 is 1.96 bits per heavy atom. The van der Waals surface area contributed by atoms with Crippen LogP contribution in [0.1, 0.15) is 53.4 Å². The van der Waals surface area contributed by atoms with Gasteiger partial charge in [-0.15, -0.1) is 0 Å². The van der Waals surface area contributed by atoms with E-state index < -0.39 is 11.7 Å². The van der Waals surface area contributed by atoms with Crippen molar-refractivity contribution >= 4 is 11.9 Å².